The molecule has 0 aromatic carbocycles. The van der Waals surface area contributed by atoms with Crippen molar-refractivity contribution in [3.8, 4) is 0 Å². The monoisotopic (exact) mass is 315 g/mol. The number of nitrogens with zero attached hydrogens (tertiary/aromatic N) is 3. The standard InChI is InChI=1S/C14H25N3O3S/c1-10(2)9-16(7-6-15(4)5)14-12(17(19)20)8-13(21-14)11(3)18/h8,10-11,18H,6-7,9H2,1-5H3/t11-/m1/s1. The first kappa shape index (κ1) is 17.9. The van der Waals surface area contributed by atoms with Crippen LogP contribution in [-0.4, -0.2) is 48.7 Å². The summed E-state index contributed by atoms with van der Waals surface area (Å²) in [6.07, 6.45) is -0.683. The largest absolute Gasteiger partial charge is 0.388 e. The summed E-state index contributed by atoms with van der Waals surface area (Å²) in [6, 6.07) is 1.49. The Hall–Kier alpha value is -1.18. The molecule has 0 spiro atoms. The molecular formula is C14H25N3O3S. The van der Waals surface area contributed by atoms with Crippen molar-refractivity contribution in [1.82, 2.24) is 4.90 Å². The van der Waals surface area contributed by atoms with Crippen LogP contribution in [-0.2, 0) is 0 Å². The Labute approximate surface area is 130 Å². The fraction of sp³-hybridized carbons (Fsp3) is 0.714. The van der Waals surface area contributed by atoms with E-state index in [0.717, 1.165) is 19.6 Å². The zero-order chi connectivity index (χ0) is 16.2. The third kappa shape index (κ3) is 5.26. The molecule has 0 fully saturated rings. The Morgan fingerprint density at radius 1 is 1.33 bits per heavy atom. The maximum Gasteiger partial charge on any atom is 0.304 e. The van der Waals surface area contributed by atoms with Crippen LogP contribution in [0.1, 0.15) is 31.8 Å². The molecule has 1 aromatic rings. The molecule has 1 rings (SSSR count). The van der Waals surface area contributed by atoms with Crippen LogP contribution in [0.5, 0.6) is 0 Å². The maximum absolute atomic E-state index is 11.3. The Bertz CT molecular complexity index is 472. The highest BCUT2D eigenvalue weighted by Gasteiger charge is 2.25. The molecule has 0 aliphatic heterocycles. The lowest BCUT2D eigenvalue weighted by atomic mass is 10.2. The lowest BCUT2D eigenvalue weighted by molar-refractivity contribution is -0.383. The van der Waals surface area contributed by atoms with E-state index in [-0.39, 0.29) is 10.6 Å². The number of hydrogen-bond acceptors (Lipinski definition) is 6. The van der Waals surface area contributed by atoms with Gasteiger partial charge in [0.15, 0.2) is 5.00 Å². The smallest absolute Gasteiger partial charge is 0.304 e. The van der Waals surface area contributed by atoms with Crippen molar-refractivity contribution in [2.75, 3.05) is 38.6 Å². The molecule has 0 saturated heterocycles. The summed E-state index contributed by atoms with van der Waals surface area (Å²) in [4.78, 5) is 15.7. The summed E-state index contributed by atoms with van der Waals surface area (Å²) in [5.41, 5.74) is 0.0929. The molecule has 0 aliphatic rings. The molecule has 21 heavy (non-hydrogen) atoms. The minimum Gasteiger partial charge on any atom is -0.388 e. The van der Waals surface area contributed by atoms with Crippen molar-refractivity contribution < 1.29 is 10.0 Å². The predicted molar refractivity (Wildman–Crippen MR) is 87.2 cm³/mol. The molecule has 0 unspecified atom stereocenters. The summed E-state index contributed by atoms with van der Waals surface area (Å²) in [6.45, 7) is 8.13. The summed E-state index contributed by atoms with van der Waals surface area (Å²) >= 11 is 1.31. The average Bonchev–Trinajstić information content (AvgIpc) is 2.78. The van der Waals surface area contributed by atoms with Crippen LogP contribution >= 0.6 is 11.3 Å². The molecule has 1 aromatic heterocycles. The second-order valence-electron chi connectivity index (χ2n) is 5.92. The highest BCUT2D eigenvalue weighted by Crippen LogP contribution is 2.40. The first-order valence-electron chi connectivity index (χ1n) is 7.08. The fourth-order valence-electron chi connectivity index (χ4n) is 1.99. The molecule has 0 saturated carbocycles. The van der Waals surface area contributed by atoms with Gasteiger partial charge in [0.1, 0.15) is 0 Å². The van der Waals surface area contributed by atoms with Crippen LogP contribution in [0, 0.1) is 16.0 Å². The second-order valence-corrected chi connectivity index (χ2v) is 6.98. The second kappa shape index (κ2) is 7.72. The van der Waals surface area contributed by atoms with Crippen LogP contribution in [0.4, 0.5) is 10.7 Å². The molecule has 6 nitrogen and oxygen atoms in total. The zero-order valence-corrected chi connectivity index (χ0v) is 14.2. The summed E-state index contributed by atoms with van der Waals surface area (Å²) in [5, 5.41) is 21.6. The van der Waals surface area contributed by atoms with Crippen LogP contribution in [0.3, 0.4) is 0 Å². The molecule has 1 N–H and O–H groups in total. The average molecular weight is 315 g/mol. The summed E-state index contributed by atoms with van der Waals surface area (Å²) in [5.74, 6) is 0.406. The number of thiophene rings is 1. The lowest BCUT2D eigenvalue weighted by Gasteiger charge is -2.26. The SMILES string of the molecule is CC(C)CN(CCN(C)C)c1sc([C@@H](C)O)cc1[N+](=O)[O-]. The van der Waals surface area contributed by atoms with Gasteiger partial charge < -0.3 is 14.9 Å². The van der Waals surface area contributed by atoms with Crippen molar-refractivity contribution >= 4 is 22.0 Å². The highest BCUT2D eigenvalue weighted by atomic mass is 32.1. The van der Waals surface area contributed by atoms with Crippen LogP contribution in [0.15, 0.2) is 6.07 Å². The summed E-state index contributed by atoms with van der Waals surface area (Å²) in [7, 11) is 3.97. The molecule has 7 heteroatoms. The molecule has 0 radical (unpaired) electrons. The van der Waals surface area contributed by atoms with Crippen LogP contribution in [0.2, 0.25) is 0 Å². The fourth-order valence-corrected chi connectivity index (χ4v) is 3.09. The van der Waals surface area contributed by atoms with Crippen molar-refractivity contribution in [2.24, 2.45) is 5.92 Å². The van der Waals surface area contributed by atoms with E-state index in [2.05, 4.69) is 23.6 Å². The molecule has 120 valence electrons. The molecule has 0 aliphatic carbocycles. The van der Waals surface area contributed by atoms with E-state index in [4.69, 9.17) is 0 Å². The molecular weight excluding hydrogens is 290 g/mol. The van der Waals surface area contributed by atoms with Gasteiger partial charge in [0.25, 0.3) is 0 Å². The van der Waals surface area contributed by atoms with Crippen molar-refractivity contribution in [2.45, 2.75) is 26.9 Å². The van der Waals surface area contributed by atoms with Gasteiger partial charge in [0.05, 0.1) is 11.0 Å². The van der Waals surface area contributed by atoms with E-state index in [1.165, 1.54) is 17.4 Å². The number of aliphatic hydroxyl groups is 1. The van der Waals surface area contributed by atoms with Gasteiger partial charge in [-0.05, 0) is 26.9 Å². The van der Waals surface area contributed by atoms with Gasteiger partial charge in [-0.2, -0.15) is 0 Å². The van der Waals surface area contributed by atoms with Gasteiger partial charge in [-0.15, -0.1) is 11.3 Å². The molecule has 0 bridgehead atoms. The third-order valence-electron chi connectivity index (χ3n) is 3.01. The number of rotatable bonds is 8. The third-order valence-corrected chi connectivity index (χ3v) is 4.37. The van der Waals surface area contributed by atoms with Crippen molar-refractivity contribution in [1.29, 1.82) is 0 Å². The van der Waals surface area contributed by atoms with Gasteiger partial charge in [0, 0.05) is 30.6 Å². The van der Waals surface area contributed by atoms with E-state index < -0.39 is 6.10 Å². The topological polar surface area (TPSA) is 69.8 Å². The number of anilines is 1. The van der Waals surface area contributed by atoms with E-state index >= 15 is 0 Å². The van der Waals surface area contributed by atoms with E-state index in [1.807, 2.05) is 14.1 Å². The lowest BCUT2D eigenvalue weighted by Crippen LogP contribution is -2.34. The summed E-state index contributed by atoms with van der Waals surface area (Å²) < 4.78 is 0. The van der Waals surface area contributed by atoms with Gasteiger partial charge in [-0.25, -0.2) is 0 Å². The first-order valence-corrected chi connectivity index (χ1v) is 7.89. The Balaban J connectivity index is 3.11. The normalized spacial score (nSPS) is 13.0. The van der Waals surface area contributed by atoms with Crippen LogP contribution in [0.25, 0.3) is 0 Å². The van der Waals surface area contributed by atoms with Crippen LogP contribution < -0.4 is 4.90 Å². The maximum atomic E-state index is 11.3. The number of aliphatic hydroxyl groups excluding tert-OH is 1. The number of nitro groups is 1. The Kier molecular flexibility index (Phi) is 6.57. The van der Waals surface area contributed by atoms with Crippen molar-refractivity contribution in [3.63, 3.8) is 0 Å². The molecule has 0 amide bonds. The number of hydrogen-bond donors (Lipinski definition) is 1. The zero-order valence-electron chi connectivity index (χ0n) is 13.4. The number of likely N-dealkylation sites (N-methyl/N-ethyl adjacent to an activating group) is 1. The van der Waals surface area contributed by atoms with Crippen molar-refractivity contribution in [3.05, 3.63) is 21.1 Å². The minimum atomic E-state index is -0.683. The van der Waals surface area contributed by atoms with Gasteiger partial charge in [-0.3, -0.25) is 10.1 Å². The minimum absolute atomic E-state index is 0.0929. The first-order chi connectivity index (χ1) is 9.72. The van der Waals surface area contributed by atoms with E-state index in [9.17, 15) is 15.2 Å². The van der Waals surface area contributed by atoms with Gasteiger partial charge >= 0.3 is 5.69 Å². The molecule has 1 heterocycles. The predicted octanol–water partition coefficient (Wildman–Crippen LogP) is 2.73. The van der Waals surface area contributed by atoms with E-state index in [0.29, 0.717) is 15.8 Å². The Morgan fingerprint density at radius 2 is 1.95 bits per heavy atom. The Morgan fingerprint density at radius 3 is 2.38 bits per heavy atom. The quantitative estimate of drug-likeness (QED) is 0.590. The van der Waals surface area contributed by atoms with Gasteiger partial charge in [0.2, 0.25) is 0 Å². The van der Waals surface area contributed by atoms with Gasteiger partial charge in [-0.1, -0.05) is 13.8 Å². The highest BCUT2D eigenvalue weighted by molar-refractivity contribution is 7.16. The molecule has 1 atom stereocenters. The van der Waals surface area contributed by atoms with E-state index in [1.54, 1.807) is 6.92 Å².